The second kappa shape index (κ2) is 10.5. The summed E-state index contributed by atoms with van der Waals surface area (Å²) in [6, 6.07) is 26.7. The number of ether oxygens (including phenoxy) is 2. The van der Waals surface area contributed by atoms with Crippen LogP contribution in [0.25, 0.3) is 0 Å². The van der Waals surface area contributed by atoms with Crippen LogP contribution in [-0.2, 0) is 26.5 Å². The summed E-state index contributed by atoms with van der Waals surface area (Å²) in [6.07, 6.45) is 1.44. The van der Waals surface area contributed by atoms with Gasteiger partial charge in [-0.1, -0.05) is 72.4 Å². The Bertz CT molecular complexity index is 964. The summed E-state index contributed by atoms with van der Waals surface area (Å²) in [5, 5.41) is 0. The molecule has 174 valence electrons. The van der Waals surface area contributed by atoms with Crippen molar-refractivity contribution in [1.82, 2.24) is 0 Å². The molecule has 0 aliphatic rings. The normalized spacial score (nSPS) is 12.0. The minimum absolute atomic E-state index is 0.139. The summed E-state index contributed by atoms with van der Waals surface area (Å²) >= 11 is 0. The van der Waals surface area contributed by atoms with Gasteiger partial charge in [0.15, 0.2) is 14.7 Å². The molecule has 0 spiro atoms. The second-order valence-electron chi connectivity index (χ2n) is 10.2. The van der Waals surface area contributed by atoms with Gasteiger partial charge in [-0.05, 0) is 70.5 Å². The molecule has 2 nitrogen and oxygen atoms in total. The van der Waals surface area contributed by atoms with E-state index >= 15 is 0 Å². The maximum atomic E-state index is 5.79. The molecule has 3 heteroatoms. The summed E-state index contributed by atoms with van der Waals surface area (Å²) in [7, 11) is -0.195. The van der Waals surface area contributed by atoms with E-state index in [-0.39, 0.29) is 21.7 Å². The number of hydrogen-bond acceptors (Lipinski definition) is 2. The first-order chi connectivity index (χ1) is 15.6. The number of benzene rings is 3. The molecule has 3 aromatic rings. The quantitative estimate of drug-likeness (QED) is 0.193. The molecule has 0 unspecified atom stereocenters. The van der Waals surface area contributed by atoms with Gasteiger partial charge in [0, 0.05) is 0 Å². The molecule has 0 N–H and O–H groups in total. The van der Waals surface area contributed by atoms with Crippen molar-refractivity contribution in [1.29, 1.82) is 0 Å². The average molecular weight is 462 g/mol. The summed E-state index contributed by atoms with van der Waals surface area (Å²) < 4.78 is 10.9. The summed E-state index contributed by atoms with van der Waals surface area (Å²) in [6.45, 7) is 18.1. The number of hydrogen-bond donors (Lipinski definition) is 0. The Kier molecular flexibility index (Phi) is 7.97. The lowest BCUT2D eigenvalue weighted by Crippen LogP contribution is -2.13. The standard InChI is InChI=1S/C30H37O2S/c1-8-31-21-22-32-25-13-19-28(20-14-25)33(26-15-9-23(10-16-26)29(2,3)4)27-17-11-24(12-18-27)30(5,6)7/h8-20H,1,21-22H2,2-7H3/q+1. The molecule has 0 atom stereocenters. The second-order valence-corrected chi connectivity index (χ2v) is 12.2. The van der Waals surface area contributed by atoms with Crippen LogP contribution in [0.4, 0.5) is 0 Å². The molecule has 0 saturated heterocycles. The van der Waals surface area contributed by atoms with E-state index in [1.165, 1.54) is 32.1 Å². The molecule has 3 aromatic carbocycles. The predicted octanol–water partition coefficient (Wildman–Crippen LogP) is 7.92. The van der Waals surface area contributed by atoms with Gasteiger partial charge >= 0.3 is 0 Å². The first kappa shape index (κ1) is 25.0. The van der Waals surface area contributed by atoms with Crippen LogP contribution in [0.15, 0.2) is 100 Å². The van der Waals surface area contributed by atoms with Crippen LogP contribution in [0, 0.1) is 0 Å². The topological polar surface area (TPSA) is 18.5 Å². The van der Waals surface area contributed by atoms with Gasteiger partial charge < -0.3 is 9.47 Å². The first-order valence-corrected chi connectivity index (χ1v) is 12.7. The Morgan fingerprint density at radius 3 is 1.39 bits per heavy atom. The van der Waals surface area contributed by atoms with E-state index in [1.807, 2.05) is 0 Å². The van der Waals surface area contributed by atoms with Crippen molar-refractivity contribution in [2.45, 2.75) is 67.1 Å². The molecule has 0 bridgehead atoms. The van der Waals surface area contributed by atoms with E-state index in [2.05, 4.69) is 121 Å². The Morgan fingerprint density at radius 2 is 1.03 bits per heavy atom. The highest BCUT2D eigenvalue weighted by Gasteiger charge is 2.30. The fourth-order valence-electron chi connectivity index (χ4n) is 3.55. The van der Waals surface area contributed by atoms with Crippen molar-refractivity contribution in [2.24, 2.45) is 0 Å². The predicted molar refractivity (Wildman–Crippen MR) is 141 cm³/mol. The SMILES string of the molecule is C=COCCOc1ccc([S+](c2ccc(C(C)(C)C)cc2)c2ccc(C(C)(C)C)cc2)cc1. The fourth-order valence-corrected chi connectivity index (χ4v) is 5.59. The number of rotatable bonds is 8. The zero-order valence-electron chi connectivity index (χ0n) is 20.9. The Hall–Kier alpha value is -2.65. The van der Waals surface area contributed by atoms with E-state index in [1.54, 1.807) is 0 Å². The van der Waals surface area contributed by atoms with Crippen molar-refractivity contribution in [3.05, 3.63) is 96.8 Å². The minimum Gasteiger partial charge on any atom is -0.498 e. The van der Waals surface area contributed by atoms with Crippen LogP contribution in [0.2, 0.25) is 0 Å². The molecule has 0 heterocycles. The van der Waals surface area contributed by atoms with Gasteiger partial charge in [0.1, 0.15) is 19.0 Å². The van der Waals surface area contributed by atoms with Gasteiger partial charge in [0.05, 0.1) is 17.2 Å². The van der Waals surface area contributed by atoms with Crippen LogP contribution in [0.1, 0.15) is 52.7 Å². The maximum absolute atomic E-state index is 5.79. The van der Waals surface area contributed by atoms with Crippen LogP contribution in [-0.4, -0.2) is 13.2 Å². The molecular formula is C30H37O2S+. The van der Waals surface area contributed by atoms with Gasteiger partial charge in [-0.2, -0.15) is 0 Å². The molecule has 0 fully saturated rings. The Morgan fingerprint density at radius 1 is 0.636 bits per heavy atom. The van der Waals surface area contributed by atoms with E-state index in [9.17, 15) is 0 Å². The van der Waals surface area contributed by atoms with Crippen LogP contribution in [0.3, 0.4) is 0 Å². The lowest BCUT2D eigenvalue weighted by atomic mass is 9.87. The van der Waals surface area contributed by atoms with E-state index in [4.69, 9.17) is 9.47 Å². The van der Waals surface area contributed by atoms with Gasteiger partial charge in [0.25, 0.3) is 0 Å². The lowest BCUT2D eigenvalue weighted by Gasteiger charge is -2.20. The molecule has 0 saturated carbocycles. The van der Waals surface area contributed by atoms with Crippen LogP contribution >= 0.6 is 0 Å². The summed E-state index contributed by atoms with van der Waals surface area (Å²) in [5.74, 6) is 0.848. The van der Waals surface area contributed by atoms with E-state index < -0.39 is 0 Å². The van der Waals surface area contributed by atoms with Gasteiger partial charge in [0.2, 0.25) is 0 Å². The average Bonchev–Trinajstić information content (AvgIpc) is 2.77. The Balaban J connectivity index is 1.94. The van der Waals surface area contributed by atoms with Gasteiger partial charge in [-0.3, -0.25) is 0 Å². The molecule has 0 aliphatic heterocycles. The van der Waals surface area contributed by atoms with E-state index in [0.717, 1.165) is 5.75 Å². The minimum atomic E-state index is -0.195. The largest absolute Gasteiger partial charge is 0.498 e. The van der Waals surface area contributed by atoms with Crippen molar-refractivity contribution < 1.29 is 9.47 Å². The fraction of sp³-hybridized carbons (Fsp3) is 0.333. The third-order valence-corrected chi connectivity index (χ3v) is 7.79. The van der Waals surface area contributed by atoms with Crippen molar-refractivity contribution in [3.63, 3.8) is 0 Å². The molecule has 0 aromatic heterocycles. The molecular weight excluding hydrogens is 424 g/mol. The highest BCUT2D eigenvalue weighted by atomic mass is 32.2. The molecule has 0 aliphatic carbocycles. The van der Waals surface area contributed by atoms with Crippen molar-refractivity contribution >= 4 is 10.9 Å². The smallest absolute Gasteiger partial charge is 0.166 e. The van der Waals surface area contributed by atoms with E-state index in [0.29, 0.717) is 13.2 Å². The molecule has 0 amide bonds. The highest BCUT2D eigenvalue weighted by molar-refractivity contribution is 7.97. The van der Waals surface area contributed by atoms with Gasteiger partial charge in [-0.15, -0.1) is 0 Å². The maximum Gasteiger partial charge on any atom is 0.166 e. The van der Waals surface area contributed by atoms with Crippen molar-refractivity contribution in [3.8, 4) is 5.75 Å². The summed E-state index contributed by atoms with van der Waals surface area (Å²) in [4.78, 5) is 3.91. The lowest BCUT2D eigenvalue weighted by molar-refractivity contribution is 0.179. The summed E-state index contributed by atoms with van der Waals surface area (Å²) in [5.41, 5.74) is 2.98. The third kappa shape index (κ3) is 6.68. The van der Waals surface area contributed by atoms with Gasteiger partial charge in [-0.25, -0.2) is 0 Å². The van der Waals surface area contributed by atoms with Crippen LogP contribution in [0.5, 0.6) is 5.75 Å². The zero-order valence-corrected chi connectivity index (χ0v) is 21.7. The van der Waals surface area contributed by atoms with Crippen LogP contribution < -0.4 is 4.74 Å². The molecule has 3 rings (SSSR count). The third-order valence-electron chi connectivity index (χ3n) is 5.56. The highest BCUT2D eigenvalue weighted by Crippen LogP contribution is 2.35. The first-order valence-electron chi connectivity index (χ1n) is 11.5. The zero-order chi connectivity index (χ0) is 24.1. The molecule has 33 heavy (non-hydrogen) atoms. The monoisotopic (exact) mass is 461 g/mol. The van der Waals surface area contributed by atoms with Crippen molar-refractivity contribution in [2.75, 3.05) is 13.2 Å². The molecule has 0 radical (unpaired) electrons. The Labute approximate surface area is 203 Å².